The Balaban J connectivity index is 3.68. The highest BCUT2D eigenvalue weighted by Crippen LogP contribution is 2.36. The first kappa shape index (κ1) is 10.6. The summed E-state index contributed by atoms with van der Waals surface area (Å²) in [4.78, 5) is 8.92. The summed E-state index contributed by atoms with van der Waals surface area (Å²) in [5.74, 6) is -5.72. The number of nitrogen functional groups attached to an aromatic ring is 1. The van der Waals surface area contributed by atoms with Crippen LogP contribution in [-0.4, -0.2) is 4.92 Å². The molecule has 0 saturated heterocycles. The van der Waals surface area contributed by atoms with E-state index in [0.29, 0.717) is 0 Å². The topological polar surface area (TPSA) is 69.2 Å². The molecule has 0 aliphatic heterocycles. The maximum atomic E-state index is 12.8. The molecular formula is C6H2ClF3N2O2. The quantitative estimate of drug-likeness (QED) is 0.262. The Morgan fingerprint density at radius 3 is 2.14 bits per heavy atom. The van der Waals surface area contributed by atoms with E-state index in [1.165, 1.54) is 0 Å². The molecule has 1 rings (SSSR count). The molecule has 0 heterocycles. The number of benzene rings is 1. The molecule has 0 saturated carbocycles. The molecule has 0 amide bonds. The lowest BCUT2D eigenvalue weighted by Crippen LogP contribution is -2.05. The van der Waals surface area contributed by atoms with Gasteiger partial charge in [-0.25, -0.2) is 8.78 Å². The van der Waals surface area contributed by atoms with E-state index >= 15 is 0 Å². The van der Waals surface area contributed by atoms with Crippen molar-refractivity contribution in [1.29, 1.82) is 0 Å². The molecular weight excluding hydrogens is 225 g/mol. The highest BCUT2D eigenvalue weighted by Gasteiger charge is 2.30. The van der Waals surface area contributed by atoms with Gasteiger partial charge in [0.05, 0.1) is 4.92 Å². The van der Waals surface area contributed by atoms with Crippen molar-refractivity contribution in [1.82, 2.24) is 0 Å². The third-order valence-electron chi connectivity index (χ3n) is 1.46. The second-order valence-corrected chi connectivity index (χ2v) is 2.65. The molecule has 0 spiro atoms. The van der Waals surface area contributed by atoms with Crippen molar-refractivity contribution in [2.45, 2.75) is 0 Å². The molecule has 8 heteroatoms. The number of anilines is 1. The zero-order valence-electron chi connectivity index (χ0n) is 6.35. The van der Waals surface area contributed by atoms with E-state index < -0.39 is 38.8 Å². The molecule has 0 bridgehead atoms. The van der Waals surface area contributed by atoms with Crippen LogP contribution in [0, 0.1) is 27.6 Å². The van der Waals surface area contributed by atoms with E-state index in [1.807, 2.05) is 0 Å². The van der Waals surface area contributed by atoms with Crippen molar-refractivity contribution >= 4 is 23.0 Å². The highest BCUT2D eigenvalue weighted by atomic mass is 35.5. The fourth-order valence-electron chi connectivity index (χ4n) is 0.816. The fourth-order valence-corrected chi connectivity index (χ4v) is 0.988. The first-order chi connectivity index (χ1) is 6.37. The maximum Gasteiger partial charge on any atom is 0.332 e. The summed E-state index contributed by atoms with van der Waals surface area (Å²) in [6, 6.07) is 0. The Morgan fingerprint density at radius 2 is 1.71 bits per heavy atom. The van der Waals surface area contributed by atoms with Gasteiger partial charge in [0, 0.05) is 0 Å². The van der Waals surface area contributed by atoms with Crippen molar-refractivity contribution in [3.63, 3.8) is 0 Å². The van der Waals surface area contributed by atoms with Crippen molar-refractivity contribution in [2.75, 3.05) is 5.73 Å². The standard InChI is InChI=1S/C6H2ClF3N2O2/c7-1-2(8)3(9)4(10)6(5(1)11)12(13)14/h11H2. The van der Waals surface area contributed by atoms with E-state index in [1.54, 1.807) is 0 Å². The average Bonchev–Trinajstić information content (AvgIpc) is 2.11. The molecule has 0 radical (unpaired) electrons. The van der Waals surface area contributed by atoms with Crippen LogP contribution < -0.4 is 5.73 Å². The van der Waals surface area contributed by atoms with Gasteiger partial charge in [-0.1, -0.05) is 11.6 Å². The Kier molecular flexibility index (Phi) is 2.52. The van der Waals surface area contributed by atoms with Crippen molar-refractivity contribution in [3.05, 3.63) is 32.6 Å². The molecule has 0 aliphatic rings. The zero-order valence-corrected chi connectivity index (χ0v) is 7.11. The van der Waals surface area contributed by atoms with Crippen LogP contribution in [0.2, 0.25) is 5.02 Å². The number of nitrogens with two attached hydrogens (primary N) is 1. The molecule has 0 fully saturated rings. The normalized spacial score (nSPS) is 10.3. The Bertz CT molecular complexity index is 395. The average molecular weight is 227 g/mol. The first-order valence-electron chi connectivity index (χ1n) is 3.13. The summed E-state index contributed by atoms with van der Waals surface area (Å²) in [5, 5.41) is 9.19. The van der Waals surface area contributed by atoms with Gasteiger partial charge in [0.25, 0.3) is 0 Å². The molecule has 76 valence electrons. The summed E-state index contributed by atoms with van der Waals surface area (Å²) >= 11 is 5.09. The third-order valence-corrected chi connectivity index (χ3v) is 1.83. The molecule has 0 unspecified atom stereocenters. The van der Waals surface area contributed by atoms with E-state index in [9.17, 15) is 23.3 Å². The van der Waals surface area contributed by atoms with Gasteiger partial charge in [0.2, 0.25) is 11.6 Å². The SMILES string of the molecule is Nc1c(Cl)c(F)c(F)c(F)c1[N+](=O)[O-]. The fraction of sp³-hybridized carbons (Fsp3) is 0. The number of nitro groups is 1. The second kappa shape index (κ2) is 3.33. The monoisotopic (exact) mass is 226 g/mol. The number of hydrogen-bond acceptors (Lipinski definition) is 3. The second-order valence-electron chi connectivity index (χ2n) is 2.28. The van der Waals surface area contributed by atoms with Crippen LogP contribution in [0.15, 0.2) is 0 Å². The van der Waals surface area contributed by atoms with Crippen molar-refractivity contribution in [3.8, 4) is 0 Å². The van der Waals surface area contributed by atoms with Crippen LogP contribution in [0.3, 0.4) is 0 Å². The largest absolute Gasteiger partial charge is 0.392 e. The number of rotatable bonds is 1. The zero-order chi connectivity index (χ0) is 11.0. The Labute approximate surface area is 80.2 Å². The predicted octanol–water partition coefficient (Wildman–Crippen LogP) is 2.25. The van der Waals surface area contributed by atoms with E-state index in [0.717, 1.165) is 0 Å². The smallest absolute Gasteiger partial charge is 0.332 e. The lowest BCUT2D eigenvalue weighted by Gasteiger charge is -2.03. The summed E-state index contributed by atoms with van der Waals surface area (Å²) in [6.45, 7) is 0. The lowest BCUT2D eigenvalue weighted by atomic mass is 10.2. The van der Waals surface area contributed by atoms with Gasteiger partial charge < -0.3 is 5.73 Å². The number of halogens is 4. The Hall–Kier alpha value is -1.50. The van der Waals surface area contributed by atoms with Gasteiger partial charge in [0.1, 0.15) is 10.7 Å². The van der Waals surface area contributed by atoms with Crippen molar-refractivity contribution in [2.24, 2.45) is 0 Å². The van der Waals surface area contributed by atoms with Gasteiger partial charge in [-0.15, -0.1) is 0 Å². The number of nitrogens with zero attached hydrogens (tertiary/aromatic N) is 1. The maximum absolute atomic E-state index is 12.8. The molecule has 4 nitrogen and oxygen atoms in total. The summed E-state index contributed by atoms with van der Waals surface area (Å²) in [6.07, 6.45) is 0. The number of nitro benzene ring substituents is 1. The Morgan fingerprint density at radius 1 is 1.21 bits per heavy atom. The van der Waals surface area contributed by atoms with Crippen LogP contribution >= 0.6 is 11.6 Å². The van der Waals surface area contributed by atoms with Gasteiger partial charge in [-0.2, -0.15) is 4.39 Å². The minimum atomic E-state index is -2.02. The van der Waals surface area contributed by atoms with Crippen LogP contribution in [0.1, 0.15) is 0 Å². The summed E-state index contributed by atoms with van der Waals surface area (Å²) in [7, 11) is 0. The predicted molar refractivity (Wildman–Crippen MR) is 42.4 cm³/mol. The summed E-state index contributed by atoms with van der Waals surface area (Å²) in [5.41, 5.74) is 2.63. The van der Waals surface area contributed by atoms with Crippen LogP contribution in [0.25, 0.3) is 0 Å². The highest BCUT2D eigenvalue weighted by molar-refractivity contribution is 6.33. The third kappa shape index (κ3) is 1.35. The van der Waals surface area contributed by atoms with Crippen molar-refractivity contribution < 1.29 is 18.1 Å². The molecule has 2 N–H and O–H groups in total. The van der Waals surface area contributed by atoms with Crippen LogP contribution in [0.5, 0.6) is 0 Å². The van der Waals surface area contributed by atoms with Gasteiger partial charge >= 0.3 is 5.69 Å². The van der Waals surface area contributed by atoms with E-state index in [-0.39, 0.29) is 0 Å². The molecule has 0 atom stereocenters. The molecule has 0 aliphatic carbocycles. The minimum Gasteiger partial charge on any atom is -0.392 e. The van der Waals surface area contributed by atoms with Gasteiger partial charge in [-0.3, -0.25) is 10.1 Å². The van der Waals surface area contributed by atoms with Crippen LogP contribution in [-0.2, 0) is 0 Å². The molecule has 0 aromatic heterocycles. The lowest BCUT2D eigenvalue weighted by molar-refractivity contribution is -0.386. The molecule has 14 heavy (non-hydrogen) atoms. The van der Waals surface area contributed by atoms with Gasteiger partial charge in [0.15, 0.2) is 5.82 Å². The minimum absolute atomic E-state index is 0.937. The summed E-state index contributed by atoms with van der Waals surface area (Å²) < 4.78 is 38.0. The number of hydrogen-bond donors (Lipinski definition) is 1. The van der Waals surface area contributed by atoms with E-state index in [2.05, 4.69) is 0 Å². The van der Waals surface area contributed by atoms with E-state index in [4.69, 9.17) is 17.3 Å². The van der Waals surface area contributed by atoms with Gasteiger partial charge in [-0.05, 0) is 0 Å². The van der Waals surface area contributed by atoms with Crippen LogP contribution in [0.4, 0.5) is 24.5 Å². The molecule has 1 aromatic carbocycles. The first-order valence-corrected chi connectivity index (χ1v) is 3.51. The molecule has 1 aromatic rings.